The Balaban J connectivity index is 1.58. The van der Waals surface area contributed by atoms with Crippen molar-refractivity contribution in [2.24, 2.45) is 0 Å². The van der Waals surface area contributed by atoms with Crippen LogP contribution in [0.1, 0.15) is 29.3 Å². The van der Waals surface area contributed by atoms with Crippen molar-refractivity contribution in [1.29, 1.82) is 0 Å². The van der Waals surface area contributed by atoms with Crippen LogP contribution in [0.5, 0.6) is 0 Å². The van der Waals surface area contributed by atoms with Crippen LogP contribution in [0.3, 0.4) is 0 Å². The van der Waals surface area contributed by atoms with E-state index < -0.39 is 5.97 Å². The standard InChI is InChI=1S/C22H24N2O3/c1-2-27-22(26)19-10-6-7-11-20(19)23-21(25)16-24-14-12-18(13-15-24)17-8-4-3-5-9-17/h3-12H,2,13-16H2,1H3,(H,23,25). The molecule has 0 fully saturated rings. The highest BCUT2D eigenvalue weighted by Crippen LogP contribution is 2.22. The van der Waals surface area contributed by atoms with Crippen LogP contribution in [0.4, 0.5) is 5.69 Å². The summed E-state index contributed by atoms with van der Waals surface area (Å²) in [5.74, 6) is -0.565. The summed E-state index contributed by atoms with van der Waals surface area (Å²) in [5.41, 5.74) is 3.42. The van der Waals surface area contributed by atoms with E-state index >= 15 is 0 Å². The summed E-state index contributed by atoms with van der Waals surface area (Å²) in [7, 11) is 0. The molecule has 1 aliphatic heterocycles. The van der Waals surface area contributed by atoms with Crippen molar-refractivity contribution < 1.29 is 14.3 Å². The van der Waals surface area contributed by atoms with E-state index in [9.17, 15) is 9.59 Å². The summed E-state index contributed by atoms with van der Waals surface area (Å²) in [6, 6.07) is 17.2. The van der Waals surface area contributed by atoms with E-state index in [1.54, 1.807) is 31.2 Å². The lowest BCUT2D eigenvalue weighted by Gasteiger charge is -2.26. The molecule has 1 heterocycles. The van der Waals surface area contributed by atoms with Crippen LogP contribution in [-0.4, -0.2) is 43.0 Å². The third kappa shape index (κ3) is 5.05. The maximum atomic E-state index is 12.4. The largest absolute Gasteiger partial charge is 0.462 e. The van der Waals surface area contributed by atoms with Crippen LogP contribution in [0.25, 0.3) is 5.57 Å². The fourth-order valence-electron chi connectivity index (χ4n) is 3.14. The summed E-state index contributed by atoms with van der Waals surface area (Å²) in [4.78, 5) is 26.5. The molecule has 0 unspecified atom stereocenters. The normalized spacial score (nSPS) is 14.3. The lowest BCUT2D eigenvalue weighted by molar-refractivity contribution is -0.117. The zero-order chi connectivity index (χ0) is 19.1. The number of esters is 1. The van der Waals surface area contributed by atoms with E-state index in [1.807, 2.05) is 18.2 Å². The Morgan fingerprint density at radius 3 is 2.52 bits per heavy atom. The van der Waals surface area contributed by atoms with Crippen molar-refractivity contribution in [3.8, 4) is 0 Å². The number of benzene rings is 2. The Kier molecular flexibility index (Phi) is 6.39. The third-order valence-electron chi connectivity index (χ3n) is 4.50. The van der Waals surface area contributed by atoms with Gasteiger partial charge in [-0.15, -0.1) is 0 Å². The van der Waals surface area contributed by atoms with Crippen LogP contribution >= 0.6 is 0 Å². The predicted octanol–water partition coefficient (Wildman–Crippen LogP) is 3.59. The molecule has 0 spiro atoms. The van der Waals surface area contributed by atoms with E-state index in [0.717, 1.165) is 19.5 Å². The summed E-state index contributed by atoms with van der Waals surface area (Å²) < 4.78 is 5.05. The Bertz CT molecular complexity index is 830. The number of carbonyl (C=O) groups is 2. The third-order valence-corrected chi connectivity index (χ3v) is 4.50. The molecule has 0 saturated carbocycles. The van der Waals surface area contributed by atoms with Crippen LogP contribution < -0.4 is 5.32 Å². The van der Waals surface area contributed by atoms with Gasteiger partial charge in [0.2, 0.25) is 5.91 Å². The Morgan fingerprint density at radius 2 is 1.81 bits per heavy atom. The van der Waals surface area contributed by atoms with Gasteiger partial charge in [0.25, 0.3) is 0 Å². The van der Waals surface area contributed by atoms with E-state index in [-0.39, 0.29) is 12.5 Å². The fourth-order valence-corrected chi connectivity index (χ4v) is 3.14. The van der Waals surface area contributed by atoms with E-state index in [2.05, 4.69) is 28.4 Å². The second-order valence-corrected chi connectivity index (χ2v) is 6.39. The molecular formula is C22H24N2O3. The molecule has 0 radical (unpaired) electrons. The molecule has 0 atom stereocenters. The number of nitrogens with one attached hydrogen (secondary N) is 1. The second-order valence-electron chi connectivity index (χ2n) is 6.39. The number of hydrogen-bond acceptors (Lipinski definition) is 4. The fraction of sp³-hybridized carbons (Fsp3) is 0.273. The number of ether oxygens (including phenoxy) is 1. The molecule has 0 aromatic heterocycles. The Hall–Kier alpha value is -2.92. The van der Waals surface area contributed by atoms with Gasteiger partial charge in [0.05, 0.1) is 24.4 Å². The highest BCUT2D eigenvalue weighted by Gasteiger charge is 2.18. The Morgan fingerprint density at radius 1 is 1.07 bits per heavy atom. The number of amides is 1. The number of anilines is 1. The van der Waals surface area contributed by atoms with Gasteiger partial charge in [-0.25, -0.2) is 4.79 Å². The minimum absolute atomic E-state index is 0.136. The number of nitrogens with zero attached hydrogens (tertiary/aromatic N) is 1. The smallest absolute Gasteiger partial charge is 0.340 e. The van der Waals surface area contributed by atoms with Crippen LogP contribution in [-0.2, 0) is 9.53 Å². The van der Waals surface area contributed by atoms with E-state index in [1.165, 1.54) is 11.1 Å². The summed E-state index contributed by atoms with van der Waals surface area (Å²) in [6.07, 6.45) is 3.09. The number of hydrogen-bond donors (Lipinski definition) is 1. The molecule has 1 N–H and O–H groups in total. The zero-order valence-corrected chi connectivity index (χ0v) is 15.5. The van der Waals surface area contributed by atoms with Gasteiger partial charge >= 0.3 is 5.97 Å². The monoisotopic (exact) mass is 364 g/mol. The maximum Gasteiger partial charge on any atom is 0.340 e. The molecule has 0 bridgehead atoms. The molecule has 0 aliphatic carbocycles. The molecule has 2 aromatic carbocycles. The second kappa shape index (κ2) is 9.14. The molecule has 3 rings (SSSR count). The van der Waals surface area contributed by atoms with E-state index in [4.69, 9.17) is 4.74 Å². The predicted molar refractivity (Wildman–Crippen MR) is 107 cm³/mol. The summed E-state index contributed by atoms with van der Waals surface area (Å²) in [5, 5.41) is 2.84. The maximum absolute atomic E-state index is 12.4. The summed E-state index contributed by atoms with van der Waals surface area (Å²) >= 11 is 0. The van der Waals surface area contributed by atoms with Crippen molar-refractivity contribution in [3.05, 3.63) is 71.8 Å². The quantitative estimate of drug-likeness (QED) is 0.796. The first-order valence-corrected chi connectivity index (χ1v) is 9.20. The van der Waals surface area contributed by atoms with Crippen LogP contribution in [0, 0.1) is 0 Å². The van der Waals surface area contributed by atoms with Crippen molar-refractivity contribution in [3.63, 3.8) is 0 Å². The molecule has 1 aliphatic rings. The minimum Gasteiger partial charge on any atom is -0.462 e. The SMILES string of the molecule is CCOC(=O)c1ccccc1NC(=O)CN1CC=C(c2ccccc2)CC1. The number of carbonyl (C=O) groups excluding carboxylic acids is 2. The van der Waals surface area contributed by atoms with Gasteiger partial charge in [0, 0.05) is 13.1 Å². The first-order chi connectivity index (χ1) is 13.2. The van der Waals surface area contributed by atoms with Crippen molar-refractivity contribution in [2.75, 3.05) is 31.6 Å². The zero-order valence-electron chi connectivity index (χ0n) is 15.5. The van der Waals surface area contributed by atoms with E-state index in [0.29, 0.717) is 17.9 Å². The lowest BCUT2D eigenvalue weighted by atomic mass is 10.00. The van der Waals surface area contributed by atoms with Crippen molar-refractivity contribution in [2.45, 2.75) is 13.3 Å². The van der Waals surface area contributed by atoms with Gasteiger partial charge in [-0.1, -0.05) is 48.5 Å². The average Bonchev–Trinajstić information content (AvgIpc) is 2.70. The van der Waals surface area contributed by atoms with Crippen LogP contribution in [0.2, 0.25) is 0 Å². The highest BCUT2D eigenvalue weighted by atomic mass is 16.5. The number of para-hydroxylation sites is 1. The molecule has 5 nitrogen and oxygen atoms in total. The van der Waals surface area contributed by atoms with Gasteiger partial charge in [-0.2, -0.15) is 0 Å². The average molecular weight is 364 g/mol. The number of rotatable bonds is 6. The van der Waals surface area contributed by atoms with Gasteiger partial charge in [0.1, 0.15) is 0 Å². The molecule has 1 amide bonds. The van der Waals surface area contributed by atoms with Gasteiger partial charge in [-0.3, -0.25) is 9.69 Å². The van der Waals surface area contributed by atoms with Crippen molar-refractivity contribution in [1.82, 2.24) is 4.90 Å². The first-order valence-electron chi connectivity index (χ1n) is 9.20. The van der Waals surface area contributed by atoms with Crippen molar-refractivity contribution >= 4 is 23.1 Å². The summed E-state index contributed by atoms with van der Waals surface area (Å²) in [6.45, 7) is 3.90. The van der Waals surface area contributed by atoms with Gasteiger partial charge < -0.3 is 10.1 Å². The molecule has 5 heteroatoms. The molecule has 27 heavy (non-hydrogen) atoms. The first kappa shape index (κ1) is 18.9. The van der Waals surface area contributed by atoms with Gasteiger partial charge in [0.15, 0.2) is 0 Å². The minimum atomic E-state index is -0.429. The lowest BCUT2D eigenvalue weighted by Crippen LogP contribution is -2.36. The topological polar surface area (TPSA) is 58.6 Å². The molecule has 2 aromatic rings. The van der Waals surface area contributed by atoms with Crippen LogP contribution in [0.15, 0.2) is 60.7 Å². The Labute approximate surface area is 159 Å². The molecular weight excluding hydrogens is 340 g/mol. The molecule has 0 saturated heterocycles. The van der Waals surface area contributed by atoms with Gasteiger partial charge in [-0.05, 0) is 36.6 Å². The highest BCUT2D eigenvalue weighted by molar-refractivity contribution is 6.01. The molecule has 140 valence electrons.